The van der Waals surface area contributed by atoms with Gasteiger partial charge in [0.1, 0.15) is 5.82 Å². The average Bonchev–Trinajstić information content (AvgIpc) is 2.89. The zero-order chi connectivity index (χ0) is 16.6. The van der Waals surface area contributed by atoms with Crippen molar-refractivity contribution in [3.63, 3.8) is 0 Å². The van der Waals surface area contributed by atoms with Crippen LogP contribution in [0.5, 0.6) is 0 Å². The quantitative estimate of drug-likeness (QED) is 0.798. The van der Waals surface area contributed by atoms with Gasteiger partial charge in [-0.1, -0.05) is 17.3 Å². The number of benzene rings is 2. The molecule has 0 saturated carbocycles. The molecule has 2 aromatic carbocycles. The monoisotopic (exact) mass is 332 g/mol. The van der Waals surface area contributed by atoms with Crippen LogP contribution < -0.4 is 5.14 Å². The molecule has 0 spiro atoms. The van der Waals surface area contributed by atoms with E-state index in [0.717, 1.165) is 11.1 Å². The Kier molecular flexibility index (Phi) is 3.75. The van der Waals surface area contributed by atoms with Gasteiger partial charge in [-0.05, 0) is 48.9 Å². The molecule has 0 aliphatic rings. The maximum absolute atomic E-state index is 13.1. The van der Waals surface area contributed by atoms with E-state index in [1.54, 1.807) is 31.2 Å². The summed E-state index contributed by atoms with van der Waals surface area (Å²) < 4.78 is 41.1. The number of hydrogen-bond acceptors (Lipinski definition) is 4. The topological polar surface area (TPSA) is 86.2 Å². The molecule has 1 aromatic heterocycles. The lowest BCUT2D eigenvalue weighted by atomic mass is 10.00. The van der Waals surface area contributed by atoms with Gasteiger partial charge in [-0.15, -0.1) is 0 Å². The molecule has 0 saturated heterocycles. The van der Waals surface area contributed by atoms with Crippen molar-refractivity contribution in [1.29, 1.82) is 0 Å². The van der Waals surface area contributed by atoms with Crippen LogP contribution in [0.15, 0.2) is 57.9 Å². The van der Waals surface area contributed by atoms with Gasteiger partial charge in [0.25, 0.3) is 0 Å². The van der Waals surface area contributed by atoms with Gasteiger partial charge < -0.3 is 4.52 Å². The van der Waals surface area contributed by atoms with Crippen LogP contribution in [0.2, 0.25) is 0 Å². The first-order valence-electron chi connectivity index (χ1n) is 6.72. The highest BCUT2D eigenvalue weighted by atomic mass is 32.2. The van der Waals surface area contributed by atoms with Gasteiger partial charge in [0.2, 0.25) is 10.0 Å². The summed E-state index contributed by atoms with van der Waals surface area (Å²) in [6.45, 7) is 1.78. The summed E-state index contributed by atoms with van der Waals surface area (Å²) in [7, 11) is -3.75. The molecule has 3 rings (SSSR count). The van der Waals surface area contributed by atoms with Gasteiger partial charge in [-0.3, -0.25) is 0 Å². The fraction of sp³-hybridized carbons (Fsp3) is 0.0625. The Morgan fingerprint density at radius 3 is 2.13 bits per heavy atom. The Morgan fingerprint density at radius 2 is 1.57 bits per heavy atom. The summed E-state index contributed by atoms with van der Waals surface area (Å²) in [5, 5.41) is 9.04. The van der Waals surface area contributed by atoms with E-state index in [-0.39, 0.29) is 10.7 Å². The van der Waals surface area contributed by atoms with Gasteiger partial charge >= 0.3 is 0 Å². The summed E-state index contributed by atoms with van der Waals surface area (Å²) in [6.07, 6.45) is 0. The van der Waals surface area contributed by atoms with Crippen molar-refractivity contribution in [2.24, 2.45) is 5.14 Å². The molecular formula is C16H13FN2O3S. The van der Waals surface area contributed by atoms with Crippen LogP contribution in [-0.4, -0.2) is 13.6 Å². The van der Waals surface area contributed by atoms with Crippen molar-refractivity contribution in [1.82, 2.24) is 5.16 Å². The molecule has 7 heteroatoms. The van der Waals surface area contributed by atoms with E-state index in [2.05, 4.69) is 5.16 Å². The lowest BCUT2D eigenvalue weighted by Crippen LogP contribution is -2.11. The second-order valence-electron chi connectivity index (χ2n) is 5.05. The standard InChI is InChI=1S/C16H13FN2O3S/c1-10-15(11-2-6-13(17)7-3-11)16(22-19-10)12-4-8-14(9-5-12)23(18,20)21/h2-9H,1H3,(H2,18,20,21). The first-order valence-corrected chi connectivity index (χ1v) is 8.26. The molecule has 0 bridgehead atoms. The highest BCUT2D eigenvalue weighted by Gasteiger charge is 2.17. The number of aromatic nitrogens is 1. The maximum Gasteiger partial charge on any atom is 0.238 e. The van der Waals surface area contributed by atoms with Crippen molar-refractivity contribution >= 4 is 10.0 Å². The molecule has 0 fully saturated rings. The Labute approximate surface area is 132 Å². The van der Waals surface area contributed by atoms with E-state index in [9.17, 15) is 12.8 Å². The summed E-state index contributed by atoms with van der Waals surface area (Å²) in [5.74, 6) is 0.150. The Morgan fingerprint density at radius 1 is 1.00 bits per heavy atom. The summed E-state index contributed by atoms with van der Waals surface area (Å²) in [5.41, 5.74) is 2.79. The van der Waals surface area contributed by atoms with Gasteiger partial charge in [0, 0.05) is 5.56 Å². The summed E-state index contributed by atoms with van der Waals surface area (Å²) >= 11 is 0. The molecule has 2 N–H and O–H groups in total. The number of halogens is 1. The van der Waals surface area contributed by atoms with E-state index < -0.39 is 10.0 Å². The minimum absolute atomic E-state index is 0.0146. The van der Waals surface area contributed by atoms with E-state index in [1.165, 1.54) is 24.3 Å². The largest absolute Gasteiger partial charge is 0.355 e. The third-order valence-corrected chi connectivity index (χ3v) is 4.37. The lowest BCUT2D eigenvalue weighted by molar-refractivity contribution is 0.427. The molecule has 0 amide bonds. The molecule has 0 unspecified atom stereocenters. The summed E-state index contributed by atoms with van der Waals surface area (Å²) in [6, 6.07) is 12.0. The number of nitrogens with two attached hydrogens (primary N) is 1. The van der Waals surface area contributed by atoms with Crippen LogP contribution in [-0.2, 0) is 10.0 Å². The van der Waals surface area contributed by atoms with Crippen molar-refractivity contribution in [3.8, 4) is 22.5 Å². The Bertz CT molecular complexity index is 946. The molecular weight excluding hydrogens is 319 g/mol. The number of primary sulfonamides is 1. The SMILES string of the molecule is Cc1noc(-c2ccc(S(N)(=O)=O)cc2)c1-c1ccc(F)cc1. The second-order valence-corrected chi connectivity index (χ2v) is 6.61. The van der Waals surface area contributed by atoms with E-state index in [1.807, 2.05) is 0 Å². The highest BCUT2D eigenvalue weighted by Crippen LogP contribution is 2.35. The van der Waals surface area contributed by atoms with Gasteiger partial charge in [0.05, 0.1) is 16.2 Å². The van der Waals surface area contributed by atoms with Crippen LogP contribution in [0.3, 0.4) is 0 Å². The minimum Gasteiger partial charge on any atom is -0.355 e. The van der Waals surface area contributed by atoms with E-state index in [0.29, 0.717) is 17.0 Å². The number of nitrogens with zero attached hydrogens (tertiary/aromatic N) is 1. The van der Waals surface area contributed by atoms with Crippen molar-refractivity contribution in [2.45, 2.75) is 11.8 Å². The fourth-order valence-corrected chi connectivity index (χ4v) is 2.83. The van der Waals surface area contributed by atoms with Gasteiger partial charge in [0.15, 0.2) is 5.76 Å². The third-order valence-electron chi connectivity index (χ3n) is 3.44. The van der Waals surface area contributed by atoms with Crippen LogP contribution in [0.4, 0.5) is 4.39 Å². The Balaban J connectivity index is 2.10. The zero-order valence-electron chi connectivity index (χ0n) is 12.2. The smallest absolute Gasteiger partial charge is 0.238 e. The number of sulfonamides is 1. The van der Waals surface area contributed by atoms with Crippen molar-refractivity contribution in [3.05, 3.63) is 60.0 Å². The normalized spacial score (nSPS) is 11.6. The molecule has 3 aromatic rings. The molecule has 0 aliphatic heterocycles. The predicted octanol–water partition coefficient (Wildman–Crippen LogP) is 3.10. The first-order chi connectivity index (χ1) is 10.9. The highest BCUT2D eigenvalue weighted by molar-refractivity contribution is 7.89. The average molecular weight is 332 g/mol. The molecule has 0 radical (unpaired) electrons. The third kappa shape index (κ3) is 3.01. The van der Waals surface area contributed by atoms with Crippen molar-refractivity contribution < 1.29 is 17.3 Å². The van der Waals surface area contributed by atoms with Crippen LogP contribution in [0.25, 0.3) is 22.5 Å². The molecule has 23 heavy (non-hydrogen) atoms. The van der Waals surface area contributed by atoms with Gasteiger partial charge in [-0.25, -0.2) is 17.9 Å². The van der Waals surface area contributed by atoms with Crippen molar-refractivity contribution in [2.75, 3.05) is 0 Å². The molecule has 0 aliphatic carbocycles. The van der Waals surface area contributed by atoms with Crippen LogP contribution in [0.1, 0.15) is 5.69 Å². The van der Waals surface area contributed by atoms with Crippen LogP contribution in [0, 0.1) is 12.7 Å². The molecule has 0 atom stereocenters. The van der Waals surface area contributed by atoms with E-state index in [4.69, 9.17) is 9.66 Å². The second kappa shape index (κ2) is 5.60. The predicted molar refractivity (Wildman–Crippen MR) is 83.4 cm³/mol. The number of rotatable bonds is 3. The summed E-state index contributed by atoms with van der Waals surface area (Å²) in [4.78, 5) is 0.0146. The maximum atomic E-state index is 13.1. The van der Waals surface area contributed by atoms with Crippen LogP contribution >= 0.6 is 0 Å². The number of hydrogen-bond donors (Lipinski definition) is 1. The van der Waals surface area contributed by atoms with Gasteiger partial charge in [-0.2, -0.15) is 0 Å². The zero-order valence-corrected chi connectivity index (χ0v) is 13.0. The number of aryl methyl sites for hydroxylation is 1. The minimum atomic E-state index is -3.75. The lowest BCUT2D eigenvalue weighted by Gasteiger charge is -2.04. The molecule has 118 valence electrons. The Hall–Kier alpha value is -2.51. The van der Waals surface area contributed by atoms with E-state index >= 15 is 0 Å². The molecule has 1 heterocycles. The first kappa shape index (κ1) is 15.4. The fourth-order valence-electron chi connectivity index (χ4n) is 2.32. The molecule has 5 nitrogen and oxygen atoms in total.